The summed E-state index contributed by atoms with van der Waals surface area (Å²) < 4.78 is 0. The van der Waals surface area contributed by atoms with Gasteiger partial charge in [0.1, 0.15) is 0 Å². The van der Waals surface area contributed by atoms with Crippen molar-refractivity contribution in [2.75, 3.05) is 27.2 Å². The van der Waals surface area contributed by atoms with E-state index in [2.05, 4.69) is 4.90 Å². The van der Waals surface area contributed by atoms with Crippen LogP contribution in [0.4, 0.5) is 0 Å². The van der Waals surface area contributed by atoms with Crippen molar-refractivity contribution in [3.05, 3.63) is 35.9 Å². The number of carbonyl (C=O) groups is 2. The molecule has 0 bridgehead atoms. The van der Waals surface area contributed by atoms with Gasteiger partial charge in [-0.05, 0) is 19.7 Å². The molecule has 1 aliphatic heterocycles. The van der Waals surface area contributed by atoms with Gasteiger partial charge in [0.25, 0.3) is 0 Å². The molecule has 96 valence electrons. The number of likely N-dealkylation sites (tertiary alicyclic amines) is 1. The van der Waals surface area contributed by atoms with Gasteiger partial charge >= 0.3 is 0 Å². The highest BCUT2D eigenvalue weighted by Gasteiger charge is 2.30. The first-order chi connectivity index (χ1) is 8.58. The van der Waals surface area contributed by atoms with E-state index in [-0.39, 0.29) is 30.7 Å². The maximum atomic E-state index is 11.7. The van der Waals surface area contributed by atoms with Crippen LogP contribution >= 0.6 is 0 Å². The Morgan fingerprint density at radius 2 is 1.89 bits per heavy atom. The largest absolute Gasteiger partial charge is 0.333 e. The molecule has 1 atom stereocenters. The van der Waals surface area contributed by atoms with Gasteiger partial charge in [0.15, 0.2) is 5.78 Å². The van der Waals surface area contributed by atoms with E-state index in [0.29, 0.717) is 6.54 Å². The summed E-state index contributed by atoms with van der Waals surface area (Å²) in [4.78, 5) is 26.7. The molecule has 0 saturated carbocycles. The van der Waals surface area contributed by atoms with E-state index >= 15 is 0 Å². The molecule has 0 aliphatic carbocycles. The SMILES string of the molecule is CN(C)C(CN1CC(=O)CC1=O)c1ccccc1. The first kappa shape index (κ1) is 12.8. The fourth-order valence-corrected chi connectivity index (χ4v) is 2.25. The molecular weight excluding hydrogens is 228 g/mol. The first-order valence-corrected chi connectivity index (χ1v) is 6.09. The lowest BCUT2D eigenvalue weighted by atomic mass is 10.1. The van der Waals surface area contributed by atoms with E-state index in [1.807, 2.05) is 44.4 Å². The van der Waals surface area contributed by atoms with Crippen molar-refractivity contribution in [2.45, 2.75) is 12.5 Å². The van der Waals surface area contributed by atoms with Gasteiger partial charge in [-0.15, -0.1) is 0 Å². The second-order valence-corrected chi connectivity index (χ2v) is 4.88. The van der Waals surface area contributed by atoms with Crippen LogP contribution in [-0.4, -0.2) is 48.7 Å². The van der Waals surface area contributed by atoms with E-state index in [0.717, 1.165) is 5.56 Å². The van der Waals surface area contributed by atoms with Crippen LogP contribution in [0.5, 0.6) is 0 Å². The Morgan fingerprint density at radius 1 is 1.22 bits per heavy atom. The fraction of sp³-hybridized carbons (Fsp3) is 0.429. The zero-order valence-electron chi connectivity index (χ0n) is 10.8. The van der Waals surface area contributed by atoms with Crippen LogP contribution in [-0.2, 0) is 9.59 Å². The molecule has 0 radical (unpaired) electrons. The molecule has 1 aromatic rings. The van der Waals surface area contributed by atoms with E-state index in [4.69, 9.17) is 0 Å². The number of nitrogens with zero attached hydrogens (tertiary/aromatic N) is 2. The predicted octanol–water partition coefficient (Wildman–Crippen LogP) is 1.09. The van der Waals surface area contributed by atoms with Gasteiger partial charge in [-0.3, -0.25) is 9.59 Å². The molecule has 1 unspecified atom stereocenters. The van der Waals surface area contributed by atoms with Crippen LogP contribution in [0.2, 0.25) is 0 Å². The molecule has 18 heavy (non-hydrogen) atoms. The Bertz CT molecular complexity index is 442. The number of hydrogen-bond acceptors (Lipinski definition) is 3. The van der Waals surface area contributed by atoms with E-state index in [9.17, 15) is 9.59 Å². The van der Waals surface area contributed by atoms with Crippen molar-refractivity contribution in [1.82, 2.24) is 9.80 Å². The Labute approximate surface area is 107 Å². The van der Waals surface area contributed by atoms with Crippen LogP contribution < -0.4 is 0 Å². The smallest absolute Gasteiger partial charge is 0.230 e. The Kier molecular flexibility index (Phi) is 3.77. The molecule has 1 saturated heterocycles. The summed E-state index contributed by atoms with van der Waals surface area (Å²) >= 11 is 0. The molecule has 0 aromatic heterocycles. The lowest BCUT2D eigenvalue weighted by molar-refractivity contribution is -0.128. The van der Waals surface area contributed by atoms with Gasteiger partial charge in [0, 0.05) is 6.54 Å². The number of benzene rings is 1. The zero-order chi connectivity index (χ0) is 13.1. The van der Waals surface area contributed by atoms with Crippen LogP contribution in [0, 0.1) is 0 Å². The predicted molar refractivity (Wildman–Crippen MR) is 69.1 cm³/mol. The Morgan fingerprint density at radius 3 is 2.39 bits per heavy atom. The van der Waals surface area contributed by atoms with Gasteiger partial charge in [-0.25, -0.2) is 0 Å². The van der Waals surface area contributed by atoms with Gasteiger partial charge in [0.2, 0.25) is 5.91 Å². The summed E-state index contributed by atoms with van der Waals surface area (Å²) in [6, 6.07) is 10.2. The third-order valence-electron chi connectivity index (χ3n) is 3.27. The lowest BCUT2D eigenvalue weighted by Crippen LogP contribution is -2.35. The minimum Gasteiger partial charge on any atom is -0.333 e. The third kappa shape index (κ3) is 2.76. The molecular formula is C14H18N2O2. The summed E-state index contributed by atoms with van der Waals surface area (Å²) in [5.74, 6) is -0.0339. The Hall–Kier alpha value is -1.68. The quantitative estimate of drug-likeness (QED) is 0.747. The van der Waals surface area contributed by atoms with Crippen molar-refractivity contribution >= 4 is 11.7 Å². The number of Topliss-reactive ketones (excluding diaryl/α,β-unsaturated/α-hetero) is 1. The average molecular weight is 246 g/mol. The van der Waals surface area contributed by atoms with Gasteiger partial charge in [-0.1, -0.05) is 30.3 Å². The highest BCUT2D eigenvalue weighted by molar-refractivity contribution is 6.05. The van der Waals surface area contributed by atoms with Gasteiger partial charge in [-0.2, -0.15) is 0 Å². The number of ketones is 1. The molecule has 0 N–H and O–H groups in total. The van der Waals surface area contributed by atoms with Crippen molar-refractivity contribution in [3.8, 4) is 0 Å². The summed E-state index contributed by atoms with van der Waals surface area (Å²) in [7, 11) is 3.97. The molecule has 1 aliphatic rings. The molecule has 1 amide bonds. The van der Waals surface area contributed by atoms with E-state index < -0.39 is 0 Å². The molecule has 1 aromatic carbocycles. The van der Waals surface area contributed by atoms with Crippen LogP contribution in [0.3, 0.4) is 0 Å². The van der Waals surface area contributed by atoms with Crippen molar-refractivity contribution < 1.29 is 9.59 Å². The van der Waals surface area contributed by atoms with E-state index in [1.165, 1.54) is 0 Å². The van der Waals surface area contributed by atoms with Gasteiger partial charge < -0.3 is 9.80 Å². The molecule has 1 fully saturated rings. The van der Waals surface area contributed by atoms with Crippen LogP contribution in [0.25, 0.3) is 0 Å². The Balaban J connectivity index is 2.13. The minimum atomic E-state index is -0.0530. The van der Waals surface area contributed by atoms with Crippen LogP contribution in [0.15, 0.2) is 30.3 Å². The summed E-state index contributed by atoms with van der Waals surface area (Å²) in [6.07, 6.45) is 0.0644. The zero-order valence-corrected chi connectivity index (χ0v) is 10.8. The van der Waals surface area contributed by atoms with Crippen molar-refractivity contribution in [2.24, 2.45) is 0 Å². The van der Waals surface area contributed by atoms with Crippen molar-refractivity contribution in [3.63, 3.8) is 0 Å². The summed E-state index contributed by atoms with van der Waals surface area (Å²) in [5.41, 5.74) is 1.16. The lowest BCUT2D eigenvalue weighted by Gasteiger charge is -2.29. The monoisotopic (exact) mass is 246 g/mol. The molecule has 2 rings (SSSR count). The molecule has 0 spiro atoms. The average Bonchev–Trinajstić information content (AvgIpc) is 2.65. The number of likely N-dealkylation sites (N-methyl/N-ethyl adjacent to an activating group) is 1. The van der Waals surface area contributed by atoms with Gasteiger partial charge in [0.05, 0.1) is 19.0 Å². The summed E-state index contributed by atoms with van der Waals surface area (Å²) in [5, 5.41) is 0. The molecule has 4 heteroatoms. The first-order valence-electron chi connectivity index (χ1n) is 6.09. The topological polar surface area (TPSA) is 40.6 Å². The number of carbonyl (C=O) groups excluding carboxylic acids is 2. The minimum absolute atomic E-state index is 0.0190. The number of amides is 1. The normalized spacial score (nSPS) is 17.6. The second kappa shape index (κ2) is 5.31. The fourth-order valence-electron chi connectivity index (χ4n) is 2.25. The number of hydrogen-bond donors (Lipinski definition) is 0. The highest BCUT2D eigenvalue weighted by Crippen LogP contribution is 2.21. The number of rotatable bonds is 4. The van der Waals surface area contributed by atoms with Crippen LogP contribution in [0.1, 0.15) is 18.0 Å². The van der Waals surface area contributed by atoms with E-state index in [1.54, 1.807) is 4.90 Å². The van der Waals surface area contributed by atoms with Crippen molar-refractivity contribution in [1.29, 1.82) is 0 Å². The second-order valence-electron chi connectivity index (χ2n) is 4.88. The molecule has 1 heterocycles. The summed E-state index contributed by atoms with van der Waals surface area (Å²) in [6.45, 7) is 0.831. The third-order valence-corrected chi connectivity index (χ3v) is 3.27. The standard InChI is InChI=1S/C14H18N2O2/c1-15(2)13(11-6-4-3-5-7-11)10-16-9-12(17)8-14(16)18/h3-7,13H,8-10H2,1-2H3. The highest BCUT2D eigenvalue weighted by atomic mass is 16.2. The maximum absolute atomic E-state index is 11.7. The maximum Gasteiger partial charge on any atom is 0.230 e. The molecule has 4 nitrogen and oxygen atoms in total.